The lowest BCUT2D eigenvalue weighted by Crippen LogP contribution is -2.24. The number of carbonyl (C=O) groups is 1. The highest BCUT2D eigenvalue weighted by atomic mass is 32.2. The molecule has 1 aromatic carbocycles. The summed E-state index contributed by atoms with van der Waals surface area (Å²) in [4.78, 5) is 17.3. The number of nitrogens with two attached hydrogens (primary N) is 1. The first-order valence-electron chi connectivity index (χ1n) is 7.18. The van der Waals surface area contributed by atoms with E-state index in [2.05, 4.69) is 4.99 Å². The molecule has 1 aliphatic heterocycles. The number of benzene rings is 1. The molecule has 0 saturated carbocycles. The standard InChI is InChI=1S/C16H20N2O3S/c1-4-20-12-8-6-11(7-9-12)14-13(15(19)21-5-2)10(3)18-16(17)22-14/h6-9,16H,4-5,17H2,1-3H3. The van der Waals surface area contributed by atoms with Crippen molar-refractivity contribution >= 4 is 28.3 Å². The van der Waals surface area contributed by atoms with Crippen molar-refractivity contribution in [2.24, 2.45) is 10.7 Å². The molecule has 2 rings (SSSR count). The van der Waals surface area contributed by atoms with E-state index in [-0.39, 0.29) is 5.97 Å². The lowest BCUT2D eigenvalue weighted by Gasteiger charge is -2.21. The van der Waals surface area contributed by atoms with Crippen LogP contribution in [-0.2, 0) is 9.53 Å². The van der Waals surface area contributed by atoms with Crippen LogP contribution in [0.3, 0.4) is 0 Å². The molecule has 1 heterocycles. The van der Waals surface area contributed by atoms with Gasteiger partial charge in [0.15, 0.2) is 0 Å². The lowest BCUT2D eigenvalue weighted by atomic mass is 10.1. The molecule has 5 nitrogen and oxygen atoms in total. The quantitative estimate of drug-likeness (QED) is 0.845. The van der Waals surface area contributed by atoms with Crippen molar-refractivity contribution in [1.82, 2.24) is 0 Å². The first-order valence-corrected chi connectivity index (χ1v) is 8.06. The Morgan fingerprint density at radius 2 is 1.95 bits per heavy atom. The van der Waals surface area contributed by atoms with Crippen LogP contribution in [-0.4, -0.2) is 30.4 Å². The molecular formula is C16H20N2O3S. The van der Waals surface area contributed by atoms with Crippen LogP contribution in [0.4, 0.5) is 0 Å². The first kappa shape index (κ1) is 16.6. The smallest absolute Gasteiger partial charge is 0.341 e. The maximum atomic E-state index is 12.2. The molecule has 0 bridgehead atoms. The third-order valence-corrected chi connectivity index (χ3v) is 4.08. The van der Waals surface area contributed by atoms with Crippen LogP contribution in [0.25, 0.3) is 4.91 Å². The number of carbonyl (C=O) groups excluding carboxylic acids is 1. The fraction of sp³-hybridized carbons (Fsp3) is 0.375. The van der Waals surface area contributed by atoms with Crippen molar-refractivity contribution in [3.05, 3.63) is 35.4 Å². The van der Waals surface area contributed by atoms with E-state index in [1.165, 1.54) is 11.8 Å². The average molecular weight is 320 g/mol. The number of aliphatic imine (C=N–C) groups is 1. The van der Waals surface area contributed by atoms with Gasteiger partial charge in [0.25, 0.3) is 0 Å². The molecule has 0 radical (unpaired) electrons. The number of esters is 1. The predicted molar refractivity (Wildman–Crippen MR) is 89.8 cm³/mol. The Hall–Kier alpha value is -1.79. The molecule has 0 amide bonds. The second-order valence-electron chi connectivity index (χ2n) is 4.60. The van der Waals surface area contributed by atoms with Crippen molar-refractivity contribution < 1.29 is 14.3 Å². The normalized spacial score (nSPS) is 18.0. The van der Waals surface area contributed by atoms with Gasteiger partial charge in [0.05, 0.1) is 24.5 Å². The minimum Gasteiger partial charge on any atom is -0.494 e. The molecule has 6 heteroatoms. The van der Waals surface area contributed by atoms with Crippen LogP contribution in [0.15, 0.2) is 34.8 Å². The third-order valence-electron chi connectivity index (χ3n) is 3.06. The topological polar surface area (TPSA) is 73.9 Å². The first-order chi connectivity index (χ1) is 10.6. The summed E-state index contributed by atoms with van der Waals surface area (Å²) in [6, 6.07) is 7.58. The van der Waals surface area contributed by atoms with Gasteiger partial charge in [0.1, 0.15) is 11.2 Å². The SMILES string of the molecule is CCOC(=O)C1=C(c2ccc(OCC)cc2)SC(N)N=C1C. The van der Waals surface area contributed by atoms with Gasteiger partial charge in [0.2, 0.25) is 0 Å². The number of ether oxygens (including phenoxy) is 2. The molecule has 1 aromatic rings. The van der Waals surface area contributed by atoms with E-state index in [0.717, 1.165) is 16.2 Å². The number of thioether (sulfide) groups is 1. The Morgan fingerprint density at radius 3 is 2.55 bits per heavy atom. The maximum absolute atomic E-state index is 12.2. The van der Waals surface area contributed by atoms with Crippen LogP contribution in [0.2, 0.25) is 0 Å². The van der Waals surface area contributed by atoms with Gasteiger partial charge in [-0.2, -0.15) is 0 Å². The van der Waals surface area contributed by atoms with E-state index in [9.17, 15) is 4.79 Å². The Labute approximate surface area is 134 Å². The van der Waals surface area contributed by atoms with Crippen molar-refractivity contribution in [1.29, 1.82) is 0 Å². The number of hydrogen-bond donors (Lipinski definition) is 1. The molecule has 0 saturated heterocycles. The highest BCUT2D eigenvalue weighted by Gasteiger charge is 2.27. The third kappa shape index (κ3) is 3.69. The zero-order valence-corrected chi connectivity index (χ0v) is 13.8. The fourth-order valence-corrected chi connectivity index (χ4v) is 3.22. The Kier molecular flexibility index (Phi) is 5.63. The van der Waals surface area contributed by atoms with Crippen LogP contribution in [0.5, 0.6) is 5.75 Å². The van der Waals surface area contributed by atoms with Crippen molar-refractivity contribution in [2.75, 3.05) is 13.2 Å². The molecule has 118 valence electrons. The molecular weight excluding hydrogens is 300 g/mol. The molecule has 2 N–H and O–H groups in total. The van der Waals surface area contributed by atoms with E-state index in [1.807, 2.05) is 31.2 Å². The van der Waals surface area contributed by atoms with Gasteiger partial charge in [-0.25, -0.2) is 4.79 Å². The summed E-state index contributed by atoms with van der Waals surface area (Å²) in [5, 5.41) is 0. The van der Waals surface area contributed by atoms with Gasteiger partial charge in [-0.05, 0) is 38.5 Å². The molecule has 22 heavy (non-hydrogen) atoms. The predicted octanol–water partition coefficient (Wildman–Crippen LogP) is 2.81. The molecule has 0 aliphatic carbocycles. The number of rotatable bonds is 5. The van der Waals surface area contributed by atoms with E-state index in [0.29, 0.717) is 24.5 Å². The summed E-state index contributed by atoms with van der Waals surface area (Å²) in [7, 11) is 0. The summed E-state index contributed by atoms with van der Waals surface area (Å²) >= 11 is 1.35. The van der Waals surface area contributed by atoms with Gasteiger partial charge in [-0.1, -0.05) is 23.9 Å². The zero-order valence-electron chi connectivity index (χ0n) is 13.0. The minimum absolute atomic E-state index is 0.322. The van der Waals surface area contributed by atoms with Crippen molar-refractivity contribution in [3.63, 3.8) is 0 Å². The summed E-state index contributed by atoms with van der Waals surface area (Å²) < 4.78 is 10.6. The Balaban J connectivity index is 2.43. The van der Waals surface area contributed by atoms with Gasteiger partial charge in [-0.15, -0.1) is 0 Å². The molecule has 1 atom stereocenters. The largest absolute Gasteiger partial charge is 0.494 e. The van der Waals surface area contributed by atoms with Gasteiger partial charge in [-0.3, -0.25) is 4.99 Å². The second kappa shape index (κ2) is 7.47. The minimum atomic E-state index is -0.417. The van der Waals surface area contributed by atoms with Crippen LogP contribution in [0, 0.1) is 0 Å². The van der Waals surface area contributed by atoms with Crippen molar-refractivity contribution in [3.8, 4) is 5.75 Å². The van der Waals surface area contributed by atoms with Crippen LogP contribution >= 0.6 is 11.8 Å². The number of hydrogen-bond acceptors (Lipinski definition) is 6. The molecule has 1 unspecified atom stereocenters. The van der Waals surface area contributed by atoms with Crippen LogP contribution in [0.1, 0.15) is 26.3 Å². The van der Waals surface area contributed by atoms with E-state index < -0.39 is 5.50 Å². The maximum Gasteiger partial charge on any atom is 0.341 e. The fourth-order valence-electron chi connectivity index (χ4n) is 2.15. The molecule has 0 fully saturated rings. The summed E-state index contributed by atoms with van der Waals surface area (Å²) in [5.74, 6) is 0.423. The Morgan fingerprint density at radius 1 is 1.27 bits per heavy atom. The summed E-state index contributed by atoms with van der Waals surface area (Å²) in [5.41, 5.74) is 7.51. The molecule has 0 spiro atoms. The van der Waals surface area contributed by atoms with E-state index >= 15 is 0 Å². The lowest BCUT2D eigenvalue weighted by molar-refractivity contribution is -0.137. The van der Waals surface area contributed by atoms with Gasteiger partial charge >= 0.3 is 5.97 Å². The monoisotopic (exact) mass is 320 g/mol. The Bertz CT molecular complexity index is 608. The molecule has 0 aromatic heterocycles. The van der Waals surface area contributed by atoms with Crippen molar-refractivity contribution in [2.45, 2.75) is 26.3 Å². The van der Waals surface area contributed by atoms with Crippen LogP contribution < -0.4 is 10.5 Å². The van der Waals surface area contributed by atoms with Gasteiger partial charge in [0, 0.05) is 4.91 Å². The average Bonchev–Trinajstić information content (AvgIpc) is 2.47. The number of nitrogens with zero attached hydrogens (tertiary/aromatic N) is 1. The summed E-state index contributed by atoms with van der Waals surface area (Å²) in [6.45, 7) is 6.43. The van der Waals surface area contributed by atoms with Gasteiger partial charge < -0.3 is 15.2 Å². The molecule has 1 aliphatic rings. The second-order valence-corrected chi connectivity index (χ2v) is 5.73. The zero-order chi connectivity index (χ0) is 16.1. The summed E-state index contributed by atoms with van der Waals surface area (Å²) in [6.07, 6.45) is 0. The van der Waals surface area contributed by atoms with E-state index in [1.54, 1.807) is 13.8 Å². The van der Waals surface area contributed by atoms with E-state index in [4.69, 9.17) is 15.2 Å². The highest BCUT2D eigenvalue weighted by Crippen LogP contribution is 2.38. The highest BCUT2D eigenvalue weighted by molar-refractivity contribution is 8.09.